The van der Waals surface area contributed by atoms with Crippen molar-refractivity contribution in [3.63, 3.8) is 0 Å². The van der Waals surface area contributed by atoms with Gasteiger partial charge in [0.1, 0.15) is 33.4 Å². The van der Waals surface area contributed by atoms with Gasteiger partial charge in [0, 0.05) is 27.1 Å². The van der Waals surface area contributed by atoms with Crippen molar-refractivity contribution in [2.24, 2.45) is 0 Å². The summed E-state index contributed by atoms with van der Waals surface area (Å²) in [6, 6.07) is 43.4. The molecule has 0 radical (unpaired) electrons. The fourth-order valence-electron chi connectivity index (χ4n) is 5.88. The van der Waals surface area contributed by atoms with Crippen LogP contribution < -0.4 is 0 Å². The zero-order chi connectivity index (χ0) is 26.9. The highest BCUT2D eigenvalue weighted by Gasteiger charge is 2.17. The van der Waals surface area contributed by atoms with Gasteiger partial charge in [0.05, 0.1) is 5.69 Å². The number of hydrogen-bond acceptors (Lipinski definition) is 4. The van der Waals surface area contributed by atoms with E-state index in [2.05, 4.69) is 60.7 Å². The number of furan rings is 2. The van der Waals surface area contributed by atoms with Crippen molar-refractivity contribution in [3.05, 3.63) is 127 Å². The molecule has 9 aromatic rings. The van der Waals surface area contributed by atoms with Crippen LogP contribution in [-0.2, 0) is 0 Å². The third-order valence-corrected chi connectivity index (χ3v) is 7.87. The molecule has 0 aliphatic rings. The maximum Gasteiger partial charge on any atom is 0.135 e. The van der Waals surface area contributed by atoms with Crippen LogP contribution in [0.4, 0.5) is 0 Å². The second kappa shape index (κ2) is 8.41. The van der Waals surface area contributed by atoms with Crippen LogP contribution in [0.1, 0.15) is 0 Å². The number of rotatable bonds is 3. The van der Waals surface area contributed by atoms with Gasteiger partial charge in [0.15, 0.2) is 0 Å². The van der Waals surface area contributed by atoms with Gasteiger partial charge in [0.2, 0.25) is 0 Å². The van der Waals surface area contributed by atoms with Crippen molar-refractivity contribution in [1.29, 1.82) is 0 Å². The van der Waals surface area contributed by atoms with Gasteiger partial charge in [-0.25, -0.2) is 0 Å². The van der Waals surface area contributed by atoms with E-state index in [4.69, 9.17) is 19.0 Å². The van der Waals surface area contributed by atoms with Gasteiger partial charge in [-0.1, -0.05) is 66.7 Å². The predicted octanol–water partition coefficient (Wildman–Crippen LogP) is 9.55. The van der Waals surface area contributed by atoms with Gasteiger partial charge < -0.3 is 8.83 Å². The normalized spacial score (nSPS) is 11.9. The molecular weight excluding hydrogens is 506 g/mol. The first kappa shape index (κ1) is 22.2. The lowest BCUT2D eigenvalue weighted by Crippen LogP contribution is -1.97. The fraction of sp³-hybridized carbons (Fsp3) is 0. The Labute approximate surface area is 233 Å². The molecule has 3 heterocycles. The second-order valence-corrected chi connectivity index (χ2v) is 10.3. The molecule has 0 bridgehead atoms. The molecule has 0 atom stereocenters. The smallest absolute Gasteiger partial charge is 0.135 e. The Morgan fingerprint density at radius 3 is 1.73 bits per heavy atom. The maximum atomic E-state index is 6.11. The molecule has 3 aromatic heterocycles. The van der Waals surface area contributed by atoms with Crippen molar-refractivity contribution in [2.45, 2.75) is 0 Å². The van der Waals surface area contributed by atoms with Crippen molar-refractivity contribution >= 4 is 54.9 Å². The van der Waals surface area contributed by atoms with Gasteiger partial charge in [0.25, 0.3) is 0 Å². The summed E-state index contributed by atoms with van der Waals surface area (Å²) in [6.07, 6.45) is 0. The Kier molecular flexibility index (Phi) is 4.55. The van der Waals surface area contributed by atoms with E-state index in [1.165, 1.54) is 0 Å². The van der Waals surface area contributed by atoms with E-state index < -0.39 is 0 Å². The summed E-state index contributed by atoms with van der Waals surface area (Å²) in [7, 11) is 0. The Balaban J connectivity index is 1.30. The molecule has 5 heteroatoms. The largest absolute Gasteiger partial charge is 0.456 e. The van der Waals surface area contributed by atoms with Crippen molar-refractivity contribution in [3.8, 4) is 27.9 Å². The minimum atomic E-state index is 0.829. The number of benzene rings is 6. The van der Waals surface area contributed by atoms with E-state index in [0.717, 1.165) is 82.9 Å². The van der Waals surface area contributed by atoms with Crippen molar-refractivity contribution < 1.29 is 8.83 Å². The monoisotopic (exact) mass is 527 g/mol. The topological polar surface area (TPSA) is 57.0 Å². The number of hydrogen-bond donors (Lipinski definition) is 0. The van der Waals surface area contributed by atoms with Crippen LogP contribution >= 0.6 is 0 Å². The SMILES string of the molecule is c1ccc(-n2nc3cc(-c4ccc5oc6ccccc6c5c4)cc(-c4ccc5oc6ccccc6c5c4)c3n2)cc1. The molecule has 41 heavy (non-hydrogen) atoms. The summed E-state index contributed by atoms with van der Waals surface area (Å²) < 4.78 is 12.2. The highest BCUT2D eigenvalue weighted by molar-refractivity contribution is 6.09. The van der Waals surface area contributed by atoms with Crippen molar-refractivity contribution in [2.75, 3.05) is 0 Å². The van der Waals surface area contributed by atoms with E-state index in [-0.39, 0.29) is 0 Å². The molecule has 9 rings (SSSR count). The highest BCUT2D eigenvalue weighted by Crippen LogP contribution is 2.38. The Morgan fingerprint density at radius 1 is 0.439 bits per heavy atom. The van der Waals surface area contributed by atoms with E-state index in [9.17, 15) is 0 Å². The zero-order valence-electron chi connectivity index (χ0n) is 21.8. The van der Waals surface area contributed by atoms with Crippen LogP contribution in [0.5, 0.6) is 0 Å². The number of nitrogens with zero attached hydrogens (tertiary/aromatic N) is 3. The summed E-state index contributed by atoms with van der Waals surface area (Å²) in [5.74, 6) is 0. The Bertz CT molecular complexity index is 2430. The van der Waals surface area contributed by atoms with Crippen LogP contribution in [0, 0.1) is 0 Å². The van der Waals surface area contributed by atoms with E-state index >= 15 is 0 Å². The molecule has 0 amide bonds. The first-order chi connectivity index (χ1) is 20.3. The van der Waals surface area contributed by atoms with E-state index in [0.29, 0.717) is 0 Å². The maximum absolute atomic E-state index is 6.11. The van der Waals surface area contributed by atoms with Crippen LogP contribution in [0.3, 0.4) is 0 Å². The summed E-state index contributed by atoms with van der Waals surface area (Å²) in [5, 5.41) is 14.3. The highest BCUT2D eigenvalue weighted by atomic mass is 16.3. The lowest BCUT2D eigenvalue weighted by Gasteiger charge is -2.08. The average molecular weight is 528 g/mol. The van der Waals surface area contributed by atoms with Gasteiger partial charge in [-0.2, -0.15) is 4.80 Å². The lowest BCUT2D eigenvalue weighted by molar-refractivity contribution is 0.668. The predicted molar refractivity (Wildman–Crippen MR) is 164 cm³/mol. The summed E-state index contributed by atoms with van der Waals surface area (Å²) >= 11 is 0. The Hall–Kier alpha value is -5.68. The molecule has 0 saturated carbocycles. The third kappa shape index (κ3) is 3.42. The molecule has 0 fully saturated rings. The fourth-order valence-corrected chi connectivity index (χ4v) is 5.88. The minimum Gasteiger partial charge on any atom is -0.456 e. The van der Waals surface area contributed by atoms with Crippen LogP contribution in [0.2, 0.25) is 0 Å². The first-order valence-electron chi connectivity index (χ1n) is 13.6. The average Bonchev–Trinajstić information content (AvgIpc) is 3.73. The second-order valence-electron chi connectivity index (χ2n) is 10.3. The standard InChI is InChI=1S/C36H21N3O2/c1-2-8-25(9-3-1)39-37-31-21-24(22-14-16-34-29(18-22)26-10-4-6-12-32(26)40-34)20-28(36(31)38-39)23-15-17-35-30(19-23)27-11-5-7-13-33(27)41-35/h1-21H. The lowest BCUT2D eigenvalue weighted by atomic mass is 9.95. The molecule has 0 N–H and O–H groups in total. The first-order valence-corrected chi connectivity index (χ1v) is 13.6. The zero-order valence-corrected chi connectivity index (χ0v) is 21.8. The van der Waals surface area contributed by atoms with Crippen LogP contribution in [0.25, 0.3) is 82.9 Å². The number of fused-ring (bicyclic) bond motifs is 7. The molecule has 6 aromatic carbocycles. The van der Waals surface area contributed by atoms with Gasteiger partial charge in [-0.05, 0) is 77.4 Å². The van der Waals surface area contributed by atoms with Gasteiger partial charge in [-0.3, -0.25) is 0 Å². The number of para-hydroxylation sites is 3. The van der Waals surface area contributed by atoms with Crippen molar-refractivity contribution in [1.82, 2.24) is 15.0 Å². The molecule has 5 nitrogen and oxygen atoms in total. The van der Waals surface area contributed by atoms with E-state index in [1.807, 2.05) is 66.7 Å². The van der Waals surface area contributed by atoms with Crippen LogP contribution in [0.15, 0.2) is 136 Å². The third-order valence-electron chi connectivity index (χ3n) is 7.87. The minimum absolute atomic E-state index is 0.829. The van der Waals surface area contributed by atoms with E-state index in [1.54, 1.807) is 4.80 Å². The molecule has 0 saturated heterocycles. The Morgan fingerprint density at radius 2 is 1.02 bits per heavy atom. The molecule has 0 aliphatic carbocycles. The molecular formula is C36H21N3O2. The molecule has 0 unspecified atom stereocenters. The molecule has 192 valence electrons. The quantitative estimate of drug-likeness (QED) is 0.230. The molecule has 0 spiro atoms. The summed E-state index contributed by atoms with van der Waals surface area (Å²) in [6.45, 7) is 0. The molecule has 0 aliphatic heterocycles. The summed E-state index contributed by atoms with van der Waals surface area (Å²) in [5.41, 5.74) is 10.4. The number of aromatic nitrogens is 3. The van der Waals surface area contributed by atoms with Gasteiger partial charge >= 0.3 is 0 Å². The summed E-state index contributed by atoms with van der Waals surface area (Å²) in [4.78, 5) is 1.72. The van der Waals surface area contributed by atoms with Gasteiger partial charge in [-0.15, -0.1) is 10.2 Å². The van der Waals surface area contributed by atoms with Crippen LogP contribution in [-0.4, -0.2) is 15.0 Å².